The van der Waals surface area contributed by atoms with E-state index in [0.29, 0.717) is 17.7 Å². The number of hydrogen-bond donors (Lipinski definition) is 1. The summed E-state index contributed by atoms with van der Waals surface area (Å²) in [6.07, 6.45) is 0.549. The molecule has 1 atom stereocenters. The molecule has 41 heavy (non-hydrogen) atoms. The molecule has 2 radical (unpaired) electrons. The zero-order valence-electron chi connectivity index (χ0n) is 23.0. The number of alkyl halides is 3. The van der Waals surface area contributed by atoms with Gasteiger partial charge in [0.2, 0.25) is 0 Å². The average Bonchev–Trinajstić information content (AvgIpc) is 2.99. The zero-order valence-corrected chi connectivity index (χ0v) is 23.0. The van der Waals surface area contributed by atoms with E-state index < -0.39 is 17.8 Å². The Morgan fingerprint density at radius 3 is 1.88 bits per heavy atom. The number of nitrogens with one attached hydrogen (secondary N) is 1. The maximum absolute atomic E-state index is 12.8. The van der Waals surface area contributed by atoms with Crippen molar-refractivity contribution in [3.63, 3.8) is 0 Å². The summed E-state index contributed by atoms with van der Waals surface area (Å²) < 4.78 is 38.5. The molecule has 1 unspecified atom stereocenters. The van der Waals surface area contributed by atoms with Crippen molar-refractivity contribution >= 4 is 5.91 Å². The van der Waals surface area contributed by atoms with Crippen LogP contribution in [0, 0.1) is 0 Å². The second-order valence-electron chi connectivity index (χ2n) is 10.2. The minimum absolute atomic E-state index is 0.144. The lowest BCUT2D eigenvalue weighted by molar-refractivity contribution is -0.137. The lowest BCUT2D eigenvalue weighted by Gasteiger charge is -2.14. The molecule has 7 heteroatoms. The summed E-state index contributed by atoms with van der Waals surface area (Å²) in [6.45, 7) is 2.65. The van der Waals surface area contributed by atoms with Gasteiger partial charge >= 0.3 is 6.18 Å². The monoisotopic (exact) mass is 558 g/mol. The molecule has 0 aliphatic rings. The lowest BCUT2D eigenvalue weighted by atomic mass is 9.96. The average molecular weight is 559 g/mol. The van der Waals surface area contributed by atoms with Gasteiger partial charge in [0.15, 0.2) is 0 Å². The molecule has 0 aromatic heterocycles. The molecule has 0 bridgehead atoms. The van der Waals surface area contributed by atoms with Crippen molar-refractivity contribution in [2.24, 2.45) is 0 Å². The highest BCUT2D eigenvalue weighted by atomic mass is 19.4. The van der Waals surface area contributed by atoms with E-state index in [0.717, 1.165) is 40.8 Å². The predicted octanol–water partition coefficient (Wildman–Crippen LogP) is 8.27. The van der Waals surface area contributed by atoms with E-state index in [1.165, 1.54) is 37.0 Å². The van der Waals surface area contributed by atoms with Gasteiger partial charge < -0.3 is 5.32 Å². The number of benzene rings is 4. The molecule has 0 fully saturated rings. The standard InChI is InChI=1S/C34H33F3N2O2/c1-2-3-4-5-24-6-8-26(9-7-24)23-38-33(40)30-16-14-28(15-17-30)27-12-10-25(11-13-27)22-32(39-41)29-18-20-31(21-19-29)34(35,36)37/h6-21,32H,2-5,22-23H2,1H3,(H,38,40). The smallest absolute Gasteiger partial charge is 0.348 e. The molecule has 1 amide bonds. The lowest BCUT2D eigenvalue weighted by Crippen LogP contribution is -2.22. The normalized spacial score (nSPS) is 12.2. The molecule has 4 nitrogen and oxygen atoms in total. The highest BCUT2D eigenvalue weighted by molar-refractivity contribution is 5.94. The number of hydroxylamine groups is 1. The van der Waals surface area contributed by atoms with Gasteiger partial charge in [-0.25, -0.2) is 0 Å². The first kappa shape index (κ1) is 30.0. The van der Waals surface area contributed by atoms with Gasteiger partial charge in [0.1, 0.15) is 0 Å². The molecule has 212 valence electrons. The molecule has 4 rings (SSSR count). The Morgan fingerprint density at radius 2 is 1.32 bits per heavy atom. The summed E-state index contributed by atoms with van der Waals surface area (Å²) in [6, 6.07) is 27.0. The summed E-state index contributed by atoms with van der Waals surface area (Å²) in [5, 5.41) is 14.4. The van der Waals surface area contributed by atoms with Crippen LogP contribution in [0.5, 0.6) is 0 Å². The van der Waals surface area contributed by atoms with Crippen LogP contribution in [0.15, 0.2) is 97.1 Å². The van der Waals surface area contributed by atoms with Gasteiger partial charge in [-0.3, -0.25) is 4.79 Å². The molecule has 0 heterocycles. The predicted molar refractivity (Wildman–Crippen MR) is 153 cm³/mol. The molecule has 4 aromatic rings. The first-order chi connectivity index (χ1) is 19.8. The van der Waals surface area contributed by atoms with Gasteiger partial charge in [0.25, 0.3) is 5.91 Å². The fraction of sp³-hybridized carbons (Fsp3) is 0.265. The Balaban J connectivity index is 1.31. The quantitative estimate of drug-likeness (QED) is 0.138. The van der Waals surface area contributed by atoms with Gasteiger partial charge in [-0.1, -0.05) is 98.0 Å². The summed E-state index contributed by atoms with van der Waals surface area (Å²) in [5.41, 5.74) is 8.45. The summed E-state index contributed by atoms with van der Waals surface area (Å²) in [5.74, 6) is -0.144. The van der Waals surface area contributed by atoms with Gasteiger partial charge in [-0.15, -0.1) is 5.21 Å². The second kappa shape index (κ2) is 14.1. The van der Waals surface area contributed by atoms with E-state index in [1.807, 2.05) is 36.4 Å². The Morgan fingerprint density at radius 1 is 0.756 bits per heavy atom. The van der Waals surface area contributed by atoms with Crippen molar-refractivity contribution in [3.05, 3.63) is 130 Å². The van der Waals surface area contributed by atoms with Gasteiger partial charge in [-0.05, 0) is 76.9 Å². The molecule has 0 saturated heterocycles. The third-order valence-corrected chi connectivity index (χ3v) is 7.16. The largest absolute Gasteiger partial charge is 0.416 e. The summed E-state index contributed by atoms with van der Waals surface area (Å²) in [4.78, 5) is 12.7. The van der Waals surface area contributed by atoms with Crippen LogP contribution in [0.4, 0.5) is 13.2 Å². The van der Waals surface area contributed by atoms with Crippen LogP contribution < -0.4 is 10.8 Å². The third kappa shape index (κ3) is 8.52. The number of amides is 1. The minimum atomic E-state index is -4.43. The van der Waals surface area contributed by atoms with E-state index >= 15 is 0 Å². The molecule has 0 aliphatic heterocycles. The zero-order chi connectivity index (χ0) is 29.2. The number of carbonyl (C=O) groups excluding carboxylic acids is 1. The number of hydrogen-bond acceptors (Lipinski definition) is 1. The number of carbonyl (C=O) groups is 1. The fourth-order valence-electron chi connectivity index (χ4n) is 4.67. The maximum Gasteiger partial charge on any atom is 0.416 e. The van der Waals surface area contributed by atoms with Gasteiger partial charge in [-0.2, -0.15) is 13.2 Å². The van der Waals surface area contributed by atoms with Crippen molar-refractivity contribution in [1.82, 2.24) is 10.8 Å². The molecule has 1 N–H and O–H groups in total. The van der Waals surface area contributed by atoms with Crippen molar-refractivity contribution < 1.29 is 23.2 Å². The maximum atomic E-state index is 12.8. The Hall–Kier alpha value is -3.94. The van der Waals surface area contributed by atoms with Gasteiger partial charge in [0.05, 0.1) is 11.6 Å². The van der Waals surface area contributed by atoms with E-state index in [9.17, 15) is 23.2 Å². The highest BCUT2D eigenvalue weighted by Crippen LogP contribution is 2.31. The Kier molecular flexibility index (Phi) is 10.3. The molecule has 0 spiro atoms. The van der Waals surface area contributed by atoms with E-state index in [4.69, 9.17) is 0 Å². The molecule has 0 saturated carbocycles. The van der Waals surface area contributed by atoms with Crippen molar-refractivity contribution in [1.29, 1.82) is 0 Å². The summed E-state index contributed by atoms with van der Waals surface area (Å²) >= 11 is 0. The molecule has 0 aliphatic carbocycles. The molecular weight excluding hydrogens is 525 g/mol. The first-order valence-corrected chi connectivity index (χ1v) is 13.8. The van der Waals surface area contributed by atoms with Crippen LogP contribution in [-0.2, 0) is 30.8 Å². The van der Waals surface area contributed by atoms with E-state index in [1.54, 1.807) is 12.1 Å². The van der Waals surface area contributed by atoms with Crippen LogP contribution in [0.1, 0.15) is 70.4 Å². The van der Waals surface area contributed by atoms with E-state index in [-0.39, 0.29) is 12.3 Å². The highest BCUT2D eigenvalue weighted by Gasteiger charge is 2.30. The number of halogens is 3. The number of unbranched alkanes of at least 4 members (excludes halogenated alkanes) is 2. The molecular formula is C34H33F3N2O2. The Labute approximate surface area is 239 Å². The number of nitrogens with zero attached hydrogens (tertiary/aromatic N) is 1. The first-order valence-electron chi connectivity index (χ1n) is 13.8. The van der Waals surface area contributed by atoms with Crippen LogP contribution >= 0.6 is 0 Å². The number of aryl methyl sites for hydroxylation is 1. The minimum Gasteiger partial charge on any atom is -0.348 e. The third-order valence-electron chi connectivity index (χ3n) is 7.16. The number of rotatable bonds is 12. The fourth-order valence-corrected chi connectivity index (χ4v) is 4.67. The topological polar surface area (TPSA) is 63.1 Å². The SMILES string of the molecule is CCCCCc1ccc(CNC(=O)c2ccc(-c3ccc(CC([N][O])c4ccc(C(F)(F)F)cc4)cc3)cc2)cc1. The van der Waals surface area contributed by atoms with Gasteiger partial charge in [0, 0.05) is 12.1 Å². The van der Waals surface area contributed by atoms with Crippen LogP contribution in [-0.4, -0.2) is 5.91 Å². The van der Waals surface area contributed by atoms with Crippen molar-refractivity contribution in [2.45, 2.75) is 57.8 Å². The van der Waals surface area contributed by atoms with Crippen LogP contribution in [0.25, 0.3) is 11.1 Å². The van der Waals surface area contributed by atoms with Crippen molar-refractivity contribution in [2.75, 3.05) is 0 Å². The van der Waals surface area contributed by atoms with E-state index in [2.05, 4.69) is 42.0 Å². The second-order valence-corrected chi connectivity index (χ2v) is 10.2. The van der Waals surface area contributed by atoms with Crippen LogP contribution in [0.2, 0.25) is 0 Å². The Bertz CT molecular complexity index is 1380. The summed E-state index contributed by atoms with van der Waals surface area (Å²) in [7, 11) is 0. The van der Waals surface area contributed by atoms with Crippen molar-refractivity contribution in [3.8, 4) is 11.1 Å². The molecule has 4 aromatic carbocycles. The van der Waals surface area contributed by atoms with Crippen LogP contribution in [0.3, 0.4) is 0 Å².